The first-order valence-electron chi connectivity index (χ1n) is 23.4. The molecule has 14 N–H and O–H groups in total. The molecule has 1 unspecified atom stereocenters. The quantitative estimate of drug-likeness (QED) is 0.0271. The number of carboxylic acid groups (broad SMARTS) is 8. The number of aliphatic carboxylic acids is 8. The maximum atomic E-state index is 13.0. The van der Waals surface area contributed by atoms with Crippen LogP contribution in [0.5, 0.6) is 0 Å². The predicted molar refractivity (Wildman–Crippen MR) is 261 cm³/mol. The average Bonchev–Trinajstić information content (AvgIpc) is 3.29. The minimum absolute atomic E-state index is 0.0757. The molecule has 74 heavy (non-hydrogen) atoms. The third kappa shape index (κ3) is 27.5. The van der Waals surface area contributed by atoms with Gasteiger partial charge in [0.15, 0.2) is 5.11 Å². The molecular formula is C44H66N10O19S. The Hall–Kier alpha value is -7.28. The van der Waals surface area contributed by atoms with E-state index in [1.165, 1.54) is 0 Å². The summed E-state index contributed by atoms with van der Waals surface area (Å²) in [6, 6.07) is 0.488. The number of nitrogens with one attached hydrogen (secondary N) is 6. The van der Waals surface area contributed by atoms with Crippen LogP contribution in [0.2, 0.25) is 0 Å². The number of urea groups is 1. The van der Waals surface area contributed by atoms with Crippen molar-refractivity contribution in [2.75, 3.05) is 90.4 Å². The van der Waals surface area contributed by atoms with E-state index in [0.717, 1.165) is 5.56 Å². The van der Waals surface area contributed by atoms with Gasteiger partial charge in [-0.1, -0.05) is 12.1 Å². The van der Waals surface area contributed by atoms with E-state index in [2.05, 4.69) is 21.3 Å². The highest BCUT2D eigenvalue weighted by molar-refractivity contribution is 7.80. The third-order valence-corrected chi connectivity index (χ3v) is 11.5. The van der Waals surface area contributed by atoms with Gasteiger partial charge in [0.1, 0.15) is 18.1 Å². The van der Waals surface area contributed by atoms with Crippen LogP contribution in [0.3, 0.4) is 0 Å². The Kier molecular flexibility index (Phi) is 28.4. The number of thiocarbonyl (C=S) groups is 1. The van der Waals surface area contributed by atoms with Crippen molar-refractivity contribution in [1.29, 1.82) is 0 Å². The summed E-state index contributed by atoms with van der Waals surface area (Å²) in [6.45, 7) is -0.232. The summed E-state index contributed by atoms with van der Waals surface area (Å²) in [5.41, 5.74) is 1.27. The van der Waals surface area contributed by atoms with Crippen LogP contribution >= 0.6 is 12.2 Å². The molecule has 30 heteroatoms. The van der Waals surface area contributed by atoms with Gasteiger partial charge in [0.05, 0.1) is 26.2 Å². The molecule has 4 atom stereocenters. The van der Waals surface area contributed by atoms with Crippen molar-refractivity contribution in [3.05, 3.63) is 29.8 Å². The van der Waals surface area contributed by atoms with Crippen molar-refractivity contribution in [2.45, 2.75) is 82.0 Å². The van der Waals surface area contributed by atoms with Gasteiger partial charge in [-0.15, -0.1) is 0 Å². The van der Waals surface area contributed by atoms with E-state index < -0.39 is 135 Å². The Labute approximate surface area is 429 Å². The minimum Gasteiger partial charge on any atom is -0.481 e. The van der Waals surface area contributed by atoms with E-state index in [1.807, 2.05) is 10.6 Å². The number of carboxylic acids is 8. The molecule has 1 aliphatic heterocycles. The zero-order valence-corrected chi connectivity index (χ0v) is 41.3. The fraction of sp³-hybridized carbons (Fsp3) is 0.591. The molecule has 4 amide bonds. The Balaban J connectivity index is 2.02. The number of amides is 4. The lowest BCUT2D eigenvalue weighted by Crippen LogP contribution is -2.53. The molecule has 0 aromatic heterocycles. The van der Waals surface area contributed by atoms with Gasteiger partial charge in [-0.2, -0.15) is 0 Å². The lowest BCUT2D eigenvalue weighted by atomic mass is 10.0. The average molecular weight is 1070 g/mol. The van der Waals surface area contributed by atoms with E-state index in [1.54, 1.807) is 43.9 Å². The molecule has 1 heterocycles. The second-order valence-electron chi connectivity index (χ2n) is 17.2. The van der Waals surface area contributed by atoms with Crippen LogP contribution in [0.1, 0.15) is 56.9 Å². The Morgan fingerprint density at radius 1 is 0.554 bits per heavy atom. The van der Waals surface area contributed by atoms with E-state index in [0.29, 0.717) is 25.1 Å². The van der Waals surface area contributed by atoms with Crippen LogP contribution in [0.4, 0.5) is 10.5 Å². The van der Waals surface area contributed by atoms with Crippen LogP contribution in [0.15, 0.2) is 24.3 Å². The summed E-state index contributed by atoms with van der Waals surface area (Å²) >= 11 is 5.48. The number of anilines is 1. The molecular weight excluding hydrogens is 1000 g/mol. The number of hydrogen-bond acceptors (Lipinski definition) is 16. The molecule has 0 bridgehead atoms. The molecule has 0 radical (unpaired) electrons. The molecule has 0 aliphatic carbocycles. The third-order valence-electron chi connectivity index (χ3n) is 11.2. The Morgan fingerprint density at radius 2 is 1.03 bits per heavy atom. The standard InChI is InChI=1S/C44H66N10O19S/c55-33(9-6-31(41(69)70)49-43(73)50-32(42(71)72)8-11-35(58)59)48-30(7-10-34(56)57)40(68)45-12-1-2-13-46-44(74)47-28-5-3-4-27(20-28)21-29-22-53(25-38(64)65)17-16-51(23-36(60)61)14-15-52(24-37(62)63)18-19-54(29)26-39(66)67/h3-5,20,29-32H,1-2,6-19,21-26H2,(H,45,68)(H,48,55)(H,56,57)(H,58,59)(H,60,61)(H,62,63)(H,64,65)(H,66,67)(H,69,70)(H,71,72)(H2,46,47,74)(H2,49,50,73)/t29?,30-,31-,32-/m0/s1. The monoisotopic (exact) mass is 1070 g/mol. The van der Waals surface area contributed by atoms with Gasteiger partial charge in [-0.25, -0.2) is 14.4 Å². The molecule has 29 nitrogen and oxygen atoms in total. The summed E-state index contributed by atoms with van der Waals surface area (Å²) in [5.74, 6) is -11.9. The van der Waals surface area contributed by atoms with Crippen molar-refractivity contribution in [1.82, 2.24) is 46.2 Å². The fourth-order valence-electron chi connectivity index (χ4n) is 7.59. The number of unbranched alkanes of at least 4 members (excludes halogenated alkanes) is 1. The van der Waals surface area contributed by atoms with Gasteiger partial charge in [0.2, 0.25) is 11.8 Å². The lowest BCUT2D eigenvalue weighted by Gasteiger charge is -2.37. The van der Waals surface area contributed by atoms with Gasteiger partial charge < -0.3 is 72.8 Å². The molecule has 1 aromatic carbocycles. The zero-order valence-electron chi connectivity index (χ0n) is 40.4. The van der Waals surface area contributed by atoms with Crippen LogP contribution in [0, 0.1) is 0 Å². The molecule has 0 saturated carbocycles. The molecule has 0 spiro atoms. The van der Waals surface area contributed by atoms with Crippen LogP contribution in [0.25, 0.3) is 0 Å². The molecule has 1 saturated heterocycles. The SMILES string of the molecule is O=C(O)CC[C@H](NC(=O)N[C@@H](CCC(=O)N[C@@H](CCC(=O)O)C(=O)NCCCCNC(=S)Nc1cccc(CC2CN(CC(=O)O)CCN(CC(=O)O)CCN(CC(=O)O)CCN2CC(=O)O)c1)C(=O)O)C(=O)O. The maximum absolute atomic E-state index is 13.0. The van der Waals surface area contributed by atoms with E-state index in [9.17, 15) is 88.5 Å². The zero-order chi connectivity index (χ0) is 55.3. The van der Waals surface area contributed by atoms with Crippen molar-refractivity contribution < 1.29 is 93.6 Å². The smallest absolute Gasteiger partial charge is 0.326 e. The molecule has 1 aromatic rings. The topological polar surface area (TPSA) is 435 Å². The van der Waals surface area contributed by atoms with E-state index in [4.69, 9.17) is 17.3 Å². The highest BCUT2D eigenvalue weighted by Crippen LogP contribution is 2.17. The summed E-state index contributed by atoms with van der Waals surface area (Å²) < 4.78 is 0. The largest absolute Gasteiger partial charge is 0.481 e. The summed E-state index contributed by atoms with van der Waals surface area (Å²) in [7, 11) is 0. The number of benzene rings is 1. The van der Waals surface area contributed by atoms with Gasteiger partial charge in [0, 0.05) is 89.9 Å². The van der Waals surface area contributed by atoms with Crippen LogP contribution in [-0.2, 0) is 54.4 Å². The second kappa shape index (κ2) is 33.4. The van der Waals surface area contributed by atoms with Crippen molar-refractivity contribution in [3.63, 3.8) is 0 Å². The molecule has 2 rings (SSSR count). The van der Waals surface area contributed by atoms with Crippen LogP contribution < -0.4 is 31.9 Å². The first kappa shape index (κ1) is 62.8. The Morgan fingerprint density at radius 3 is 1.54 bits per heavy atom. The van der Waals surface area contributed by atoms with Crippen LogP contribution in [-0.4, -0.2) is 240 Å². The number of nitrogens with zero attached hydrogens (tertiary/aromatic N) is 4. The highest BCUT2D eigenvalue weighted by Gasteiger charge is 2.29. The Bertz CT molecular complexity index is 2140. The van der Waals surface area contributed by atoms with Gasteiger partial charge in [-0.3, -0.25) is 58.0 Å². The van der Waals surface area contributed by atoms with Gasteiger partial charge in [0.25, 0.3) is 0 Å². The molecule has 412 valence electrons. The highest BCUT2D eigenvalue weighted by atomic mass is 32.1. The fourth-order valence-corrected chi connectivity index (χ4v) is 7.81. The second-order valence-corrected chi connectivity index (χ2v) is 17.6. The number of hydrogen-bond donors (Lipinski definition) is 14. The summed E-state index contributed by atoms with van der Waals surface area (Å²) in [6.07, 6.45) is -1.93. The van der Waals surface area contributed by atoms with Gasteiger partial charge >= 0.3 is 53.8 Å². The van der Waals surface area contributed by atoms with Crippen molar-refractivity contribution >= 4 is 88.6 Å². The lowest BCUT2D eigenvalue weighted by molar-refractivity contribution is -0.142. The predicted octanol–water partition coefficient (Wildman–Crippen LogP) is -2.46. The first-order valence-corrected chi connectivity index (χ1v) is 23.8. The normalized spacial score (nSPS) is 16.3. The van der Waals surface area contributed by atoms with E-state index >= 15 is 0 Å². The molecule has 1 fully saturated rings. The van der Waals surface area contributed by atoms with E-state index in [-0.39, 0.29) is 83.4 Å². The summed E-state index contributed by atoms with van der Waals surface area (Å²) in [4.78, 5) is 137. The van der Waals surface area contributed by atoms with Crippen molar-refractivity contribution in [2.24, 2.45) is 0 Å². The number of carbonyl (C=O) groups is 11. The summed E-state index contributed by atoms with van der Waals surface area (Å²) in [5, 5.41) is 90.8. The first-order chi connectivity index (χ1) is 34.9. The van der Waals surface area contributed by atoms with Gasteiger partial charge in [-0.05, 0) is 68.4 Å². The van der Waals surface area contributed by atoms with Crippen molar-refractivity contribution in [3.8, 4) is 0 Å². The minimum atomic E-state index is -1.71. The molecule has 1 aliphatic rings. The number of rotatable bonds is 31. The maximum Gasteiger partial charge on any atom is 0.326 e. The number of carbonyl (C=O) groups excluding carboxylic acids is 3.